The molecule has 1 heterocycles. The summed E-state index contributed by atoms with van der Waals surface area (Å²) in [6.45, 7) is 0. The summed E-state index contributed by atoms with van der Waals surface area (Å²) in [4.78, 5) is 4.85. The molecule has 1 aliphatic heterocycles. The standard InChI is InChI=1S/C20H15NS/c1-3-9-15(10-4-1)19-17-13-7-8-14-18(17)20(22-19)21-16-11-5-2-6-12-16/h1-14,19H. The predicted octanol–water partition coefficient (Wildman–Crippen LogP) is 5.60. The molecule has 0 saturated heterocycles. The van der Waals surface area contributed by atoms with Gasteiger partial charge in [0.1, 0.15) is 5.04 Å². The number of hydrogen-bond acceptors (Lipinski definition) is 2. The molecule has 0 saturated carbocycles. The van der Waals surface area contributed by atoms with Gasteiger partial charge in [0, 0.05) is 5.56 Å². The maximum atomic E-state index is 4.85. The molecule has 106 valence electrons. The molecule has 0 N–H and O–H groups in total. The van der Waals surface area contributed by atoms with Crippen LogP contribution in [-0.2, 0) is 0 Å². The Kier molecular flexibility index (Phi) is 3.53. The zero-order chi connectivity index (χ0) is 14.8. The fourth-order valence-electron chi connectivity index (χ4n) is 2.74. The normalized spacial score (nSPS) is 18.4. The molecule has 1 unspecified atom stereocenters. The molecule has 1 aliphatic rings. The highest BCUT2D eigenvalue weighted by Gasteiger charge is 2.29. The molecule has 0 bridgehead atoms. The van der Waals surface area contributed by atoms with Gasteiger partial charge in [0.2, 0.25) is 0 Å². The van der Waals surface area contributed by atoms with Crippen LogP contribution < -0.4 is 0 Å². The van der Waals surface area contributed by atoms with Crippen LogP contribution in [-0.4, -0.2) is 5.04 Å². The van der Waals surface area contributed by atoms with Crippen LogP contribution in [0.2, 0.25) is 0 Å². The van der Waals surface area contributed by atoms with Crippen molar-refractivity contribution in [2.45, 2.75) is 5.25 Å². The summed E-state index contributed by atoms with van der Waals surface area (Å²) < 4.78 is 0. The summed E-state index contributed by atoms with van der Waals surface area (Å²) >= 11 is 1.84. The molecule has 3 aromatic carbocycles. The number of benzene rings is 3. The summed E-state index contributed by atoms with van der Waals surface area (Å²) in [7, 11) is 0. The van der Waals surface area contributed by atoms with Crippen LogP contribution >= 0.6 is 11.8 Å². The first kappa shape index (κ1) is 13.4. The van der Waals surface area contributed by atoms with Gasteiger partial charge in [-0.2, -0.15) is 0 Å². The number of para-hydroxylation sites is 1. The third kappa shape index (κ3) is 2.46. The molecule has 0 aromatic heterocycles. The lowest BCUT2D eigenvalue weighted by atomic mass is 10.0. The van der Waals surface area contributed by atoms with E-state index in [-0.39, 0.29) is 0 Å². The Morgan fingerprint density at radius 2 is 1.32 bits per heavy atom. The Morgan fingerprint density at radius 3 is 2.09 bits per heavy atom. The van der Waals surface area contributed by atoms with E-state index in [0.717, 1.165) is 10.7 Å². The third-order valence-electron chi connectivity index (χ3n) is 3.79. The van der Waals surface area contributed by atoms with Crippen molar-refractivity contribution in [2.24, 2.45) is 4.99 Å². The third-order valence-corrected chi connectivity index (χ3v) is 5.09. The Hall–Kier alpha value is -2.32. The number of fused-ring (bicyclic) bond motifs is 1. The zero-order valence-electron chi connectivity index (χ0n) is 12.0. The first-order valence-corrected chi connectivity index (χ1v) is 8.24. The second-order valence-electron chi connectivity index (χ2n) is 5.25. The monoisotopic (exact) mass is 301 g/mol. The molecule has 3 aromatic rings. The van der Waals surface area contributed by atoms with Crippen LogP contribution in [0.25, 0.3) is 0 Å². The lowest BCUT2D eigenvalue weighted by Crippen LogP contribution is -1.92. The van der Waals surface area contributed by atoms with Crippen LogP contribution in [0, 0.1) is 0 Å². The molecule has 1 nitrogen and oxygen atoms in total. The van der Waals surface area contributed by atoms with Crippen molar-refractivity contribution < 1.29 is 0 Å². The molecular formula is C20H15NS. The first-order chi connectivity index (χ1) is 10.9. The van der Waals surface area contributed by atoms with E-state index in [2.05, 4.69) is 54.6 Å². The Balaban J connectivity index is 1.79. The van der Waals surface area contributed by atoms with Gasteiger partial charge in [0.25, 0.3) is 0 Å². The minimum atomic E-state index is 0.333. The summed E-state index contributed by atoms with van der Waals surface area (Å²) in [6, 6.07) is 29.4. The van der Waals surface area contributed by atoms with Crippen molar-refractivity contribution in [2.75, 3.05) is 0 Å². The van der Waals surface area contributed by atoms with Crippen molar-refractivity contribution in [3.05, 3.63) is 102 Å². The second kappa shape index (κ2) is 5.82. The average Bonchev–Trinajstić information content (AvgIpc) is 2.96. The van der Waals surface area contributed by atoms with Gasteiger partial charge in [0.05, 0.1) is 10.9 Å². The van der Waals surface area contributed by atoms with Crippen molar-refractivity contribution in [1.29, 1.82) is 0 Å². The van der Waals surface area contributed by atoms with Crippen LogP contribution in [0.3, 0.4) is 0 Å². The lowest BCUT2D eigenvalue weighted by molar-refractivity contribution is 1.17. The van der Waals surface area contributed by atoms with E-state index in [1.54, 1.807) is 0 Å². The van der Waals surface area contributed by atoms with E-state index in [9.17, 15) is 0 Å². The van der Waals surface area contributed by atoms with Crippen molar-refractivity contribution >= 4 is 22.5 Å². The number of rotatable bonds is 2. The second-order valence-corrected chi connectivity index (χ2v) is 6.34. The maximum Gasteiger partial charge on any atom is 0.105 e. The molecule has 0 radical (unpaired) electrons. The topological polar surface area (TPSA) is 12.4 Å². The fraction of sp³-hybridized carbons (Fsp3) is 0.0500. The van der Waals surface area contributed by atoms with Crippen molar-refractivity contribution in [1.82, 2.24) is 0 Å². The Bertz CT molecular complexity index is 809. The SMILES string of the molecule is c1ccc(N=C2SC(c3ccccc3)c3ccccc32)cc1. The number of aliphatic imine (C=N–C) groups is 1. The summed E-state index contributed by atoms with van der Waals surface area (Å²) in [5.41, 5.74) is 4.95. The lowest BCUT2D eigenvalue weighted by Gasteiger charge is -2.09. The highest BCUT2D eigenvalue weighted by Crippen LogP contribution is 2.46. The van der Waals surface area contributed by atoms with Crippen molar-refractivity contribution in [3.63, 3.8) is 0 Å². The van der Waals surface area contributed by atoms with Gasteiger partial charge >= 0.3 is 0 Å². The minimum absolute atomic E-state index is 0.333. The van der Waals surface area contributed by atoms with Crippen molar-refractivity contribution in [3.8, 4) is 0 Å². The Morgan fingerprint density at radius 1 is 0.682 bits per heavy atom. The van der Waals surface area contributed by atoms with E-state index >= 15 is 0 Å². The molecule has 2 heteroatoms. The van der Waals surface area contributed by atoms with Gasteiger partial charge in [-0.1, -0.05) is 84.6 Å². The van der Waals surface area contributed by atoms with Gasteiger partial charge in [0.15, 0.2) is 0 Å². The molecule has 0 spiro atoms. The molecular weight excluding hydrogens is 286 g/mol. The van der Waals surface area contributed by atoms with Gasteiger partial charge in [-0.3, -0.25) is 0 Å². The van der Waals surface area contributed by atoms with E-state index in [0.29, 0.717) is 5.25 Å². The molecule has 1 atom stereocenters. The number of thioether (sulfide) groups is 1. The summed E-state index contributed by atoms with van der Waals surface area (Å²) in [5, 5.41) is 1.44. The van der Waals surface area contributed by atoms with Gasteiger partial charge in [-0.25, -0.2) is 4.99 Å². The summed E-state index contributed by atoms with van der Waals surface area (Å²) in [5.74, 6) is 0. The van der Waals surface area contributed by atoms with E-state index < -0.39 is 0 Å². The largest absolute Gasteiger partial charge is 0.241 e. The zero-order valence-corrected chi connectivity index (χ0v) is 12.8. The first-order valence-electron chi connectivity index (χ1n) is 7.36. The Labute approximate surface area is 134 Å². The smallest absolute Gasteiger partial charge is 0.105 e. The highest BCUT2D eigenvalue weighted by molar-refractivity contribution is 8.15. The van der Waals surface area contributed by atoms with Crippen LogP contribution in [0.5, 0.6) is 0 Å². The van der Waals surface area contributed by atoms with E-state index in [1.165, 1.54) is 16.7 Å². The van der Waals surface area contributed by atoms with Gasteiger partial charge in [-0.05, 0) is 23.3 Å². The molecule has 22 heavy (non-hydrogen) atoms. The van der Waals surface area contributed by atoms with E-state index in [4.69, 9.17) is 4.99 Å². The number of hydrogen-bond donors (Lipinski definition) is 0. The van der Waals surface area contributed by atoms with Gasteiger partial charge < -0.3 is 0 Å². The minimum Gasteiger partial charge on any atom is -0.241 e. The molecule has 4 rings (SSSR count). The molecule has 0 fully saturated rings. The van der Waals surface area contributed by atoms with Crippen LogP contribution in [0.4, 0.5) is 5.69 Å². The predicted molar refractivity (Wildman–Crippen MR) is 95.0 cm³/mol. The van der Waals surface area contributed by atoms with E-state index in [1.807, 2.05) is 42.1 Å². The maximum absolute atomic E-state index is 4.85. The van der Waals surface area contributed by atoms with Crippen LogP contribution in [0.15, 0.2) is 89.9 Å². The average molecular weight is 301 g/mol. The number of nitrogens with zero attached hydrogens (tertiary/aromatic N) is 1. The summed E-state index contributed by atoms with van der Waals surface area (Å²) in [6.07, 6.45) is 0. The molecule has 0 amide bonds. The highest BCUT2D eigenvalue weighted by atomic mass is 32.2. The van der Waals surface area contributed by atoms with Crippen LogP contribution in [0.1, 0.15) is 21.9 Å². The fourth-order valence-corrected chi connectivity index (χ4v) is 4.06. The quantitative estimate of drug-likeness (QED) is 0.600. The molecule has 0 aliphatic carbocycles. The van der Waals surface area contributed by atoms with Gasteiger partial charge in [-0.15, -0.1) is 0 Å².